The van der Waals surface area contributed by atoms with Crippen LogP contribution in [0.1, 0.15) is 21.7 Å². The molecule has 0 saturated heterocycles. The minimum absolute atomic E-state index is 0.0358. The van der Waals surface area contributed by atoms with Crippen LogP contribution in [0.3, 0.4) is 0 Å². The van der Waals surface area contributed by atoms with Crippen LogP contribution in [0.25, 0.3) is 33.8 Å². The van der Waals surface area contributed by atoms with Gasteiger partial charge < -0.3 is 23.4 Å². The highest BCUT2D eigenvalue weighted by atomic mass is 16.6. The molecule has 0 bridgehead atoms. The summed E-state index contributed by atoms with van der Waals surface area (Å²) in [6.45, 7) is 0. The lowest BCUT2D eigenvalue weighted by Crippen LogP contribution is -2.01. The van der Waals surface area contributed by atoms with Crippen molar-refractivity contribution in [2.75, 3.05) is 14.2 Å². The van der Waals surface area contributed by atoms with Crippen molar-refractivity contribution in [2.45, 2.75) is 0 Å². The van der Waals surface area contributed by atoms with Crippen LogP contribution in [-0.4, -0.2) is 36.4 Å². The summed E-state index contributed by atoms with van der Waals surface area (Å²) < 4.78 is 22.4. The molecule has 11 heteroatoms. The van der Waals surface area contributed by atoms with Gasteiger partial charge in [0.1, 0.15) is 40.4 Å². The first kappa shape index (κ1) is 27.4. The van der Waals surface area contributed by atoms with Gasteiger partial charge in [-0.05, 0) is 60.2 Å². The zero-order valence-corrected chi connectivity index (χ0v) is 22.2. The smallest absolute Gasteiger partial charge is 0.336 e. The Labute approximate surface area is 238 Å². The first-order valence-corrected chi connectivity index (χ1v) is 12.3. The Morgan fingerprint density at radius 3 is 2.17 bits per heavy atom. The van der Waals surface area contributed by atoms with Crippen LogP contribution in [-0.2, 0) is 0 Å². The van der Waals surface area contributed by atoms with Crippen LogP contribution >= 0.6 is 0 Å². The van der Waals surface area contributed by atoms with Crippen molar-refractivity contribution in [3.8, 4) is 51.3 Å². The number of carboxylic acids is 1. The number of nitrogens with zero attached hydrogens (tertiary/aromatic N) is 3. The molecule has 0 amide bonds. The first-order chi connectivity index (χ1) is 20.3. The number of carbonyl (C=O) groups is 1. The van der Waals surface area contributed by atoms with Crippen LogP contribution in [0, 0.1) is 21.4 Å². The minimum Gasteiger partial charge on any atom is -0.497 e. The number of non-ortho nitro benzene ring substituents is 1. The number of rotatable bonds is 9. The van der Waals surface area contributed by atoms with Gasteiger partial charge in [0.15, 0.2) is 0 Å². The molecule has 0 fully saturated rings. The fraction of sp³-hybridized carbons (Fsp3) is 0.0645. The number of hydrogen-bond donors (Lipinski definition) is 1. The summed E-state index contributed by atoms with van der Waals surface area (Å²) in [4.78, 5) is 26.6. The van der Waals surface area contributed by atoms with Gasteiger partial charge >= 0.3 is 5.97 Å². The Balaban J connectivity index is 1.56. The number of hydrogen-bond acceptors (Lipinski definition) is 9. The van der Waals surface area contributed by atoms with Crippen molar-refractivity contribution >= 4 is 23.8 Å². The molecule has 0 unspecified atom stereocenters. The molecule has 0 atom stereocenters. The van der Waals surface area contributed by atoms with Gasteiger partial charge in [-0.3, -0.25) is 10.1 Å². The molecule has 208 valence electrons. The first-order valence-electron chi connectivity index (χ1n) is 12.3. The normalized spacial score (nSPS) is 10.9. The standard InChI is InChI=1S/C31H21N3O8/c1-39-21-8-3-18(4-9-21)28-26(16-32)30(42-29(28)19-5-10-22(40-2)11-6-19)33-17-23-12-14-27(41-23)24-13-7-20(34(37)38)15-25(24)31(35)36/h3-15,17H,1-2H3,(H,35,36). The van der Waals surface area contributed by atoms with Crippen molar-refractivity contribution in [1.82, 2.24) is 0 Å². The Bertz CT molecular complexity index is 1860. The van der Waals surface area contributed by atoms with Crippen molar-refractivity contribution in [2.24, 2.45) is 4.99 Å². The van der Waals surface area contributed by atoms with E-state index in [1.54, 1.807) is 44.6 Å². The van der Waals surface area contributed by atoms with E-state index in [2.05, 4.69) is 11.1 Å². The maximum atomic E-state index is 11.8. The quantitative estimate of drug-likeness (QED) is 0.112. The van der Waals surface area contributed by atoms with Crippen molar-refractivity contribution in [3.05, 3.63) is 106 Å². The van der Waals surface area contributed by atoms with E-state index in [1.165, 1.54) is 24.4 Å². The van der Waals surface area contributed by atoms with Crippen LogP contribution in [0.2, 0.25) is 0 Å². The fourth-order valence-electron chi connectivity index (χ4n) is 4.32. The van der Waals surface area contributed by atoms with E-state index in [-0.39, 0.29) is 39.8 Å². The second-order valence-electron chi connectivity index (χ2n) is 8.81. The lowest BCUT2D eigenvalue weighted by molar-refractivity contribution is -0.384. The van der Waals surface area contributed by atoms with Crippen LogP contribution in [0.15, 0.2) is 92.7 Å². The molecule has 0 aliphatic heterocycles. The van der Waals surface area contributed by atoms with Gasteiger partial charge in [0.05, 0.1) is 30.9 Å². The highest BCUT2D eigenvalue weighted by Gasteiger charge is 2.23. The van der Waals surface area contributed by atoms with Crippen LogP contribution < -0.4 is 9.47 Å². The molecule has 11 nitrogen and oxygen atoms in total. The zero-order valence-electron chi connectivity index (χ0n) is 22.2. The van der Waals surface area contributed by atoms with Gasteiger partial charge in [-0.1, -0.05) is 12.1 Å². The molecule has 0 radical (unpaired) electrons. The third-order valence-electron chi connectivity index (χ3n) is 6.38. The average molecular weight is 564 g/mol. The fourth-order valence-corrected chi connectivity index (χ4v) is 4.32. The number of benzene rings is 3. The van der Waals surface area contributed by atoms with Gasteiger partial charge in [0, 0.05) is 28.8 Å². The number of aromatic carboxylic acids is 1. The molecule has 3 aromatic carbocycles. The molecule has 2 heterocycles. The van der Waals surface area contributed by atoms with E-state index in [1.807, 2.05) is 24.3 Å². The molecule has 2 aromatic heterocycles. The second-order valence-corrected chi connectivity index (χ2v) is 8.81. The van der Waals surface area contributed by atoms with E-state index in [9.17, 15) is 25.3 Å². The molecule has 0 aliphatic rings. The number of nitro groups is 1. The third kappa shape index (κ3) is 5.32. The van der Waals surface area contributed by atoms with Crippen LogP contribution in [0.4, 0.5) is 11.6 Å². The van der Waals surface area contributed by atoms with Gasteiger partial charge in [0.25, 0.3) is 5.69 Å². The van der Waals surface area contributed by atoms with E-state index >= 15 is 0 Å². The summed E-state index contributed by atoms with van der Waals surface area (Å²) in [7, 11) is 3.13. The van der Waals surface area contributed by atoms with Gasteiger partial charge in [0.2, 0.25) is 5.88 Å². The number of furan rings is 2. The number of ether oxygens (including phenoxy) is 2. The maximum absolute atomic E-state index is 11.8. The predicted molar refractivity (Wildman–Crippen MR) is 152 cm³/mol. The number of methoxy groups -OCH3 is 2. The Morgan fingerprint density at radius 1 is 0.952 bits per heavy atom. The molecule has 5 aromatic rings. The molecule has 1 N–H and O–H groups in total. The van der Waals surface area contributed by atoms with Gasteiger partial charge in [-0.2, -0.15) is 5.26 Å². The van der Waals surface area contributed by atoms with Gasteiger partial charge in [-0.25, -0.2) is 9.79 Å². The van der Waals surface area contributed by atoms with E-state index in [0.29, 0.717) is 33.9 Å². The highest BCUT2D eigenvalue weighted by molar-refractivity contribution is 5.96. The van der Waals surface area contributed by atoms with E-state index in [4.69, 9.17) is 18.3 Å². The number of aliphatic imine (C=N–C) groups is 1. The SMILES string of the molecule is COc1ccc(-c2oc(N=Cc3ccc(-c4ccc([N+](=O)[O-])cc4C(=O)O)o3)c(C#N)c2-c2ccc(OC)cc2)cc1. The molecule has 5 rings (SSSR count). The number of nitro benzene ring substituents is 1. The Hall–Kier alpha value is -6.15. The molecule has 0 spiro atoms. The minimum atomic E-state index is -1.34. The van der Waals surface area contributed by atoms with Crippen molar-refractivity contribution in [3.63, 3.8) is 0 Å². The van der Waals surface area contributed by atoms with Crippen LogP contribution in [0.5, 0.6) is 11.5 Å². The molecule has 0 saturated carbocycles. The number of carboxylic acid groups (broad SMARTS) is 1. The van der Waals surface area contributed by atoms with E-state index < -0.39 is 10.9 Å². The monoisotopic (exact) mass is 563 g/mol. The molecular weight excluding hydrogens is 542 g/mol. The third-order valence-corrected chi connectivity index (χ3v) is 6.38. The zero-order chi connectivity index (χ0) is 29.8. The largest absolute Gasteiger partial charge is 0.497 e. The highest BCUT2D eigenvalue weighted by Crippen LogP contribution is 2.43. The summed E-state index contributed by atoms with van der Waals surface area (Å²) >= 11 is 0. The maximum Gasteiger partial charge on any atom is 0.336 e. The Morgan fingerprint density at radius 2 is 1.60 bits per heavy atom. The molecule has 0 aliphatic carbocycles. The van der Waals surface area contributed by atoms with Crippen molar-refractivity contribution < 1.29 is 33.1 Å². The lowest BCUT2D eigenvalue weighted by Gasteiger charge is -2.06. The molecule has 42 heavy (non-hydrogen) atoms. The average Bonchev–Trinajstić information content (AvgIpc) is 3.64. The van der Waals surface area contributed by atoms with E-state index in [0.717, 1.165) is 6.07 Å². The summed E-state index contributed by atoms with van der Waals surface area (Å²) in [5.74, 6) is 0.822. The van der Waals surface area contributed by atoms with Crippen molar-refractivity contribution in [1.29, 1.82) is 5.26 Å². The summed E-state index contributed by atoms with van der Waals surface area (Å²) in [6.07, 6.45) is 1.34. The second kappa shape index (κ2) is 11.5. The predicted octanol–water partition coefficient (Wildman–Crippen LogP) is 7.12. The van der Waals surface area contributed by atoms with Gasteiger partial charge in [-0.15, -0.1) is 0 Å². The summed E-state index contributed by atoms with van der Waals surface area (Å²) in [6, 6.07) is 23.1. The Kier molecular flexibility index (Phi) is 7.53. The molecular formula is C31H21N3O8. The summed E-state index contributed by atoms with van der Waals surface area (Å²) in [5, 5.41) is 30.8. The lowest BCUT2D eigenvalue weighted by atomic mass is 9.98. The topological polar surface area (TPSA) is 161 Å². The summed E-state index contributed by atoms with van der Waals surface area (Å²) in [5.41, 5.74) is 1.65. The number of nitriles is 1.